The van der Waals surface area contributed by atoms with Gasteiger partial charge >= 0.3 is 0 Å². The third kappa shape index (κ3) is 4.55. The van der Waals surface area contributed by atoms with Gasteiger partial charge in [-0.2, -0.15) is 0 Å². The van der Waals surface area contributed by atoms with Crippen LogP contribution in [0.2, 0.25) is 0 Å². The van der Waals surface area contributed by atoms with Crippen molar-refractivity contribution in [3.05, 3.63) is 77.9 Å². The molecule has 3 aromatic rings. The summed E-state index contributed by atoms with van der Waals surface area (Å²) in [6, 6.07) is 16.0. The van der Waals surface area contributed by atoms with Crippen LogP contribution in [0.3, 0.4) is 0 Å². The highest BCUT2D eigenvalue weighted by Gasteiger charge is 2.39. The summed E-state index contributed by atoms with van der Waals surface area (Å²) >= 11 is 0. The molecule has 1 heterocycles. The predicted octanol–water partition coefficient (Wildman–Crippen LogP) is 5.35. The highest BCUT2D eigenvalue weighted by molar-refractivity contribution is 7.92. The Morgan fingerprint density at radius 1 is 0.811 bits per heavy atom. The van der Waals surface area contributed by atoms with Crippen LogP contribution in [0.25, 0.3) is 0 Å². The molecular formula is C28H30N2O6S. The molecule has 5 rings (SSSR count). The Morgan fingerprint density at radius 3 is 2.27 bits per heavy atom. The Bertz CT molecular complexity index is 1450. The van der Waals surface area contributed by atoms with Gasteiger partial charge in [-0.1, -0.05) is 12.2 Å². The monoisotopic (exact) mass is 522 g/mol. The number of benzene rings is 3. The average molecular weight is 523 g/mol. The minimum absolute atomic E-state index is 0.00465. The Morgan fingerprint density at radius 2 is 1.54 bits per heavy atom. The van der Waals surface area contributed by atoms with Gasteiger partial charge in [0.25, 0.3) is 10.0 Å². The van der Waals surface area contributed by atoms with E-state index in [9.17, 15) is 8.42 Å². The van der Waals surface area contributed by atoms with Crippen molar-refractivity contribution in [3.63, 3.8) is 0 Å². The van der Waals surface area contributed by atoms with Crippen molar-refractivity contribution in [1.82, 2.24) is 0 Å². The van der Waals surface area contributed by atoms with E-state index in [0.717, 1.165) is 34.7 Å². The van der Waals surface area contributed by atoms with E-state index in [1.807, 2.05) is 24.3 Å². The molecular weight excluding hydrogens is 492 g/mol. The third-order valence-corrected chi connectivity index (χ3v) is 8.43. The molecule has 0 bridgehead atoms. The lowest BCUT2D eigenvalue weighted by atomic mass is 9.77. The van der Waals surface area contributed by atoms with E-state index < -0.39 is 10.0 Å². The molecule has 3 aromatic carbocycles. The first-order chi connectivity index (χ1) is 17.9. The van der Waals surface area contributed by atoms with E-state index in [4.69, 9.17) is 18.9 Å². The van der Waals surface area contributed by atoms with Crippen LogP contribution >= 0.6 is 0 Å². The average Bonchev–Trinajstić information content (AvgIpc) is 3.42. The largest absolute Gasteiger partial charge is 0.497 e. The van der Waals surface area contributed by atoms with E-state index >= 15 is 0 Å². The molecule has 0 spiro atoms. The van der Waals surface area contributed by atoms with Crippen molar-refractivity contribution in [2.75, 3.05) is 38.5 Å². The summed E-state index contributed by atoms with van der Waals surface area (Å²) in [7, 11) is 2.41. The van der Waals surface area contributed by atoms with Crippen LogP contribution in [-0.2, 0) is 10.0 Å². The van der Waals surface area contributed by atoms with Crippen molar-refractivity contribution in [2.45, 2.75) is 23.3 Å². The van der Waals surface area contributed by atoms with Gasteiger partial charge in [-0.15, -0.1) is 0 Å². The Kier molecular flexibility index (Phi) is 6.64. The maximum Gasteiger partial charge on any atom is 0.262 e. The third-order valence-electron chi connectivity index (χ3n) is 7.07. The molecule has 0 amide bonds. The Hall–Kier alpha value is -3.85. The number of hydrogen-bond donors (Lipinski definition) is 2. The molecule has 0 saturated heterocycles. The van der Waals surface area contributed by atoms with Gasteiger partial charge in [0.1, 0.15) is 23.0 Å². The van der Waals surface area contributed by atoms with Crippen LogP contribution in [0.4, 0.5) is 11.4 Å². The van der Waals surface area contributed by atoms with Gasteiger partial charge in [-0.25, -0.2) is 8.42 Å². The van der Waals surface area contributed by atoms with Crippen molar-refractivity contribution in [2.24, 2.45) is 5.92 Å². The van der Waals surface area contributed by atoms with Crippen LogP contribution in [0.15, 0.2) is 71.6 Å². The molecule has 2 N–H and O–H groups in total. The van der Waals surface area contributed by atoms with E-state index in [1.165, 1.54) is 14.2 Å². The molecule has 9 heteroatoms. The van der Waals surface area contributed by atoms with Crippen LogP contribution in [0, 0.1) is 5.92 Å². The number of nitrogens with one attached hydrogen (secondary N) is 2. The zero-order valence-electron chi connectivity index (χ0n) is 21.1. The van der Waals surface area contributed by atoms with Gasteiger partial charge in [0.15, 0.2) is 0 Å². The second-order valence-electron chi connectivity index (χ2n) is 9.00. The molecule has 0 saturated carbocycles. The van der Waals surface area contributed by atoms with Gasteiger partial charge < -0.3 is 24.3 Å². The van der Waals surface area contributed by atoms with Gasteiger partial charge in [-0.05, 0) is 60.4 Å². The summed E-state index contributed by atoms with van der Waals surface area (Å²) in [4.78, 5) is 0.178. The molecule has 0 fully saturated rings. The van der Waals surface area contributed by atoms with E-state index in [-0.39, 0.29) is 22.8 Å². The molecule has 0 aromatic heterocycles. The number of fused-ring (bicyclic) bond motifs is 3. The van der Waals surface area contributed by atoms with Crippen molar-refractivity contribution in [1.29, 1.82) is 0 Å². The summed E-state index contributed by atoms with van der Waals surface area (Å²) in [5.41, 5.74) is 3.19. The minimum atomic E-state index is -3.89. The molecule has 1 aliphatic carbocycles. The number of hydrogen-bond acceptors (Lipinski definition) is 7. The van der Waals surface area contributed by atoms with Gasteiger partial charge in [0, 0.05) is 29.3 Å². The van der Waals surface area contributed by atoms with Crippen molar-refractivity contribution in [3.8, 4) is 23.0 Å². The van der Waals surface area contributed by atoms with Gasteiger partial charge in [0.2, 0.25) is 0 Å². The standard InChI is InChI=1S/C28H30N2O6S/c1-33-17-9-13-26(35-3)25(14-17)30-37(31,32)19-10-12-24-23(16-19)20-6-5-7-21(20)28(29-24)22-11-8-18(34-2)15-27(22)36-4/h5-6,8-16,20-21,28-30H,7H2,1-4H3/t20-,21+,28-/m0/s1. The molecule has 2 aliphatic rings. The van der Waals surface area contributed by atoms with Crippen LogP contribution in [0.1, 0.15) is 29.5 Å². The Balaban J connectivity index is 1.49. The molecule has 37 heavy (non-hydrogen) atoms. The SMILES string of the molecule is COc1ccc(OC)c(NS(=O)(=O)c2ccc3c(c2)[C@H]2C=CC[C@H]2[C@@H](c2ccc(OC)cc2OC)N3)c1. The molecule has 8 nitrogen and oxygen atoms in total. The maximum atomic E-state index is 13.4. The zero-order valence-corrected chi connectivity index (χ0v) is 22.0. The van der Waals surface area contributed by atoms with Crippen molar-refractivity contribution >= 4 is 21.4 Å². The van der Waals surface area contributed by atoms with E-state index in [0.29, 0.717) is 17.2 Å². The normalized spacial score (nSPS) is 19.8. The number of ether oxygens (including phenoxy) is 4. The summed E-state index contributed by atoms with van der Waals surface area (Å²) < 4.78 is 51.1. The highest BCUT2D eigenvalue weighted by Crippen LogP contribution is 2.52. The highest BCUT2D eigenvalue weighted by atomic mass is 32.2. The maximum absolute atomic E-state index is 13.4. The first kappa shape index (κ1) is 24.8. The topological polar surface area (TPSA) is 95.1 Å². The number of methoxy groups -OCH3 is 4. The fraction of sp³-hybridized carbons (Fsp3) is 0.286. The first-order valence-electron chi connectivity index (χ1n) is 11.9. The second-order valence-corrected chi connectivity index (χ2v) is 10.7. The van der Waals surface area contributed by atoms with Gasteiger partial charge in [0.05, 0.1) is 45.1 Å². The minimum Gasteiger partial charge on any atom is -0.497 e. The molecule has 0 radical (unpaired) electrons. The predicted molar refractivity (Wildman–Crippen MR) is 143 cm³/mol. The van der Waals surface area contributed by atoms with Crippen LogP contribution in [0.5, 0.6) is 23.0 Å². The fourth-order valence-electron chi connectivity index (χ4n) is 5.22. The summed E-state index contributed by atoms with van der Waals surface area (Å²) in [5, 5.41) is 3.65. The first-order valence-corrected chi connectivity index (χ1v) is 13.4. The smallest absolute Gasteiger partial charge is 0.262 e. The fourth-order valence-corrected chi connectivity index (χ4v) is 6.32. The van der Waals surface area contributed by atoms with E-state index in [2.05, 4.69) is 22.2 Å². The molecule has 3 atom stereocenters. The summed E-state index contributed by atoms with van der Waals surface area (Å²) in [5.74, 6) is 2.68. The second kappa shape index (κ2) is 9.89. The lowest BCUT2D eigenvalue weighted by molar-refractivity contribution is 0.372. The van der Waals surface area contributed by atoms with Crippen LogP contribution < -0.4 is 29.0 Å². The van der Waals surface area contributed by atoms with E-state index in [1.54, 1.807) is 44.6 Å². The molecule has 194 valence electrons. The lowest BCUT2D eigenvalue weighted by Crippen LogP contribution is -2.29. The zero-order chi connectivity index (χ0) is 26.2. The summed E-state index contributed by atoms with van der Waals surface area (Å²) in [6.45, 7) is 0. The summed E-state index contributed by atoms with van der Waals surface area (Å²) in [6.07, 6.45) is 5.20. The molecule has 0 unspecified atom stereocenters. The number of anilines is 2. The quantitative estimate of drug-likeness (QED) is 0.385. The Labute approximate surface area is 217 Å². The number of allylic oxidation sites excluding steroid dienone is 2. The molecule has 1 aliphatic heterocycles. The number of sulfonamides is 1. The van der Waals surface area contributed by atoms with Crippen LogP contribution in [-0.4, -0.2) is 36.9 Å². The van der Waals surface area contributed by atoms with Gasteiger partial charge in [-0.3, -0.25) is 4.72 Å². The lowest BCUT2D eigenvalue weighted by Gasteiger charge is -2.38. The van der Waals surface area contributed by atoms with Crippen molar-refractivity contribution < 1.29 is 27.4 Å². The number of rotatable bonds is 8.